The Kier molecular flexibility index (Phi) is 5.22. The first-order valence-electron chi connectivity index (χ1n) is 6.63. The number of carbonyl (C=O) groups is 1. The zero-order chi connectivity index (χ0) is 15.5. The average Bonchev–Trinajstić information content (AvgIpc) is 2.26. The third-order valence-electron chi connectivity index (χ3n) is 2.82. The molecule has 3 nitrogen and oxygen atoms in total. The normalized spacial score (nSPS) is 14.8. The van der Waals surface area contributed by atoms with Gasteiger partial charge in [-0.3, -0.25) is 10.1 Å². The van der Waals surface area contributed by atoms with Crippen LogP contribution in [0.4, 0.5) is 8.78 Å². The fourth-order valence-corrected chi connectivity index (χ4v) is 1.87. The minimum Gasteiger partial charge on any atom is -0.350 e. The van der Waals surface area contributed by atoms with E-state index < -0.39 is 23.7 Å². The molecule has 0 spiro atoms. The van der Waals surface area contributed by atoms with Gasteiger partial charge in [0.25, 0.3) is 0 Å². The number of hydrogen-bond donors (Lipinski definition) is 2. The van der Waals surface area contributed by atoms with Crippen LogP contribution >= 0.6 is 0 Å². The smallest absolute Gasteiger partial charge is 0.237 e. The molecule has 0 aliphatic rings. The molecule has 0 saturated heterocycles. The minimum atomic E-state index is -0.617. The van der Waals surface area contributed by atoms with Gasteiger partial charge in [-0.25, -0.2) is 8.78 Å². The van der Waals surface area contributed by atoms with E-state index in [1.807, 2.05) is 20.8 Å². The van der Waals surface area contributed by atoms with Crippen LogP contribution in [0.3, 0.4) is 0 Å². The predicted molar refractivity (Wildman–Crippen MR) is 75.3 cm³/mol. The SMILES string of the molecule is C[C@H](N[C@@H](C)c1ccc(F)cc1F)C(=O)NC(C)(C)C. The molecule has 20 heavy (non-hydrogen) atoms. The maximum Gasteiger partial charge on any atom is 0.237 e. The van der Waals surface area contributed by atoms with Crippen molar-refractivity contribution in [3.05, 3.63) is 35.4 Å². The van der Waals surface area contributed by atoms with Gasteiger partial charge in [-0.05, 0) is 40.7 Å². The summed E-state index contributed by atoms with van der Waals surface area (Å²) >= 11 is 0. The number of rotatable bonds is 4. The second kappa shape index (κ2) is 6.31. The summed E-state index contributed by atoms with van der Waals surface area (Å²) in [7, 11) is 0. The van der Waals surface area contributed by atoms with Crippen molar-refractivity contribution in [3.8, 4) is 0 Å². The Morgan fingerprint density at radius 3 is 2.30 bits per heavy atom. The summed E-state index contributed by atoms with van der Waals surface area (Å²) in [5.41, 5.74) is 0.0130. The van der Waals surface area contributed by atoms with E-state index in [-0.39, 0.29) is 11.4 Å². The first-order chi connectivity index (χ1) is 9.10. The summed E-state index contributed by atoms with van der Waals surface area (Å²) in [5, 5.41) is 5.85. The molecule has 0 bridgehead atoms. The molecule has 0 unspecified atom stereocenters. The first-order valence-corrected chi connectivity index (χ1v) is 6.63. The van der Waals surface area contributed by atoms with Crippen molar-refractivity contribution in [2.75, 3.05) is 0 Å². The Morgan fingerprint density at radius 1 is 1.20 bits per heavy atom. The third kappa shape index (κ3) is 4.89. The van der Waals surface area contributed by atoms with E-state index in [9.17, 15) is 13.6 Å². The van der Waals surface area contributed by atoms with Gasteiger partial charge in [0.2, 0.25) is 5.91 Å². The highest BCUT2D eigenvalue weighted by Crippen LogP contribution is 2.18. The lowest BCUT2D eigenvalue weighted by Crippen LogP contribution is -2.50. The Bertz CT molecular complexity index is 483. The second-order valence-electron chi connectivity index (χ2n) is 6.02. The van der Waals surface area contributed by atoms with Gasteiger partial charge in [-0.2, -0.15) is 0 Å². The molecule has 0 heterocycles. The number of benzene rings is 1. The van der Waals surface area contributed by atoms with Gasteiger partial charge in [-0.15, -0.1) is 0 Å². The first kappa shape index (κ1) is 16.6. The van der Waals surface area contributed by atoms with E-state index in [0.717, 1.165) is 6.07 Å². The van der Waals surface area contributed by atoms with Crippen molar-refractivity contribution in [1.29, 1.82) is 0 Å². The molecule has 5 heteroatoms. The Hall–Kier alpha value is -1.49. The van der Waals surface area contributed by atoms with Crippen LogP contribution < -0.4 is 10.6 Å². The molecule has 1 aromatic carbocycles. The molecule has 0 fully saturated rings. The van der Waals surface area contributed by atoms with Crippen LogP contribution in [0.25, 0.3) is 0 Å². The van der Waals surface area contributed by atoms with Gasteiger partial charge in [0.05, 0.1) is 6.04 Å². The van der Waals surface area contributed by atoms with Crippen molar-refractivity contribution >= 4 is 5.91 Å². The van der Waals surface area contributed by atoms with E-state index in [4.69, 9.17) is 0 Å². The topological polar surface area (TPSA) is 41.1 Å². The molecule has 0 saturated carbocycles. The number of nitrogens with one attached hydrogen (secondary N) is 2. The monoisotopic (exact) mass is 284 g/mol. The maximum atomic E-state index is 13.6. The Labute approximate surface area is 118 Å². The molecule has 1 rings (SSSR count). The quantitative estimate of drug-likeness (QED) is 0.892. The van der Waals surface area contributed by atoms with E-state index in [0.29, 0.717) is 5.56 Å². The third-order valence-corrected chi connectivity index (χ3v) is 2.82. The molecule has 0 radical (unpaired) electrons. The number of hydrogen-bond acceptors (Lipinski definition) is 2. The van der Waals surface area contributed by atoms with Crippen molar-refractivity contribution < 1.29 is 13.6 Å². The van der Waals surface area contributed by atoms with Crippen LogP contribution in [0.5, 0.6) is 0 Å². The van der Waals surface area contributed by atoms with Gasteiger partial charge in [0, 0.05) is 23.2 Å². The molecule has 0 aromatic heterocycles. The molecule has 0 aliphatic heterocycles. The van der Waals surface area contributed by atoms with Crippen LogP contribution in [-0.4, -0.2) is 17.5 Å². The van der Waals surface area contributed by atoms with Gasteiger partial charge < -0.3 is 5.32 Å². The second-order valence-corrected chi connectivity index (χ2v) is 6.02. The van der Waals surface area contributed by atoms with E-state index >= 15 is 0 Å². The van der Waals surface area contributed by atoms with Gasteiger partial charge in [0.1, 0.15) is 11.6 Å². The zero-order valence-corrected chi connectivity index (χ0v) is 12.6. The number of amides is 1. The lowest BCUT2D eigenvalue weighted by Gasteiger charge is -2.25. The average molecular weight is 284 g/mol. The maximum absolute atomic E-state index is 13.6. The molecule has 1 amide bonds. The van der Waals surface area contributed by atoms with E-state index in [1.165, 1.54) is 12.1 Å². The van der Waals surface area contributed by atoms with Crippen LogP contribution in [0.1, 0.15) is 46.2 Å². The summed E-state index contributed by atoms with van der Waals surface area (Å²) in [6.07, 6.45) is 0. The number of carbonyl (C=O) groups excluding carboxylic acids is 1. The van der Waals surface area contributed by atoms with Gasteiger partial charge in [-0.1, -0.05) is 6.07 Å². The van der Waals surface area contributed by atoms with Crippen LogP contribution in [0.15, 0.2) is 18.2 Å². The Morgan fingerprint density at radius 2 is 1.80 bits per heavy atom. The molecule has 1 aromatic rings. The van der Waals surface area contributed by atoms with Crippen molar-refractivity contribution in [1.82, 2.24) is 10.6 Å². The minimum absolute atomic E-state index is 0.160. The van der Waals surface area contributed by atoms with Crippen LogP contribution in [-0.2, 0) is 4.79 Å². The molecule has 2 atom stereocenters. The fraction of sp³-hybridized carbons (Fsp3) is 0.533. The Balaban J connectivity index is 2.70. The highest BCUT2D eigenvalue weighted by molar-refractivity contribution is 5.81. The van der Waals surface area contributed by atoms with Gasteiger partial charge >= 0.3 is 0 Å². The van der Waals surface area contributed by atoms with Crippen molar-refractivity contribution in [3.63, 3.8) is 0 Å². The lowest BCUT2D eigenvalue weighted by atomic mass is 10.1. The largest absolute Gasteiger partial charge is 0.350 e. The zero-order valence-electron chi connectivity index (χ0n) is 12.6. The molecule has 112 valence electrons. The van der Waals surface area contributed by atoms with E-state index in [2.05, 4.69) is 10.6 Å². The molecular formula is C15H22F2N2O. The summed E-state index contributed by atoms with van der Waals surface area (Å²) in [6, 6.07) is 2.56. The number of halogens is 2. The lowest BCUT2D eigenvalue weighted by molar-refractivity contribution is -0.124. The summed E-state index contributed by atoms with van der Waals surface area (Å²) in [6.45, 7) is 9.11. The van der Waals surface area contributed by atoms with Crippen molar-refractivity contribution in [2.45, 2.75) is 52.2 Å². The molecule has 2 N–H and O–H groups in total. The van der Waals surface area contributed by atoms with E-state index in [1.54, 1.807) is 13.8 Å². The fourth-order valence-electron chi connectivity index (χ4n) is 1.87. The molecule has 0 aliphatic carbocycles. The standard InChI is InChI=1S/C15H22F2N2O/c1-9(12-7-6-11(16)8-13(12)17)18-10(2)14(20)19-15(3,4)5/h6-10,18H,1-5H3,(H,19,20)/t9-,10-/m0/s1. The van der Waals surface area contributed by atoms with Crippen LogP contribution in [0, 0.1) is 11.6 Å². The van der Waals surface area contributed by atoms with Gasteiger partial charge in [0.15, 0.2) is 0 Å². The van der Waals surface area contributed by atoms with Crippen LogP contribution in [0.2, 0.25) is 0 Å². The predicted octanol–water partition coefficient (Wildman–Crippen LogP) is 2.92. The molecular weight excluding hydrogens is 262 g/mol. The highest BCUT2D eigenvalue weighted by Gasteiger charge is 2.21. The summed E-state index contributed by atoms with van der Waals surface area (Å²) in [4.78, 5) is 11.9. The highest BCUT2D eigenvalue weighted by atomic mass is 19.1. The van der Waals surface area contributed by atoms with Crippen molar-refractivity contribution in [2.24, 2.45) is 0 Å². The summed E-state index contributed by atoms with van der Waals surface area (Å²) < 4.78 is 26.5. The summed E-state index contributed by atoms with van der Waals surface area (Å²) in [5.74, 6) is -1.39.